The molecule has 3 aliphatic heterocycles. The van der Waals surface area contributed by atoms with Gasteiger partial charge in [-0.1, -0.05) is 0 Å². The summed E-state index contributed by atoms with van der Waals surface area (Å²) >= 11 is 1.61. The smallest absolute Gasteiger partial charge is 0.251 e. The SMILES string of the molecule is O=C([C@H]1CCCO1)N1CCC2(CC(=O)N(c3ccsc3)C2)C1. The van der Waals surface area contributed by atoms with E-state index in [1.807, 2.05) is 26.6 Å². The molecule has 6 heteroatoms. The van der Waals surface area contributed by atoms with Crippen LogP contribution in [0, 0.1) is 5.41 Å². The second kappa shape index (κ2) is 5.35. The van der Waals surface area contributed by atoms with Crippen molar-refractivity contribution in [2.24, 2.45) is 5.41 Å². The summed E-state index contributed by atoms with van der Waals surface area (Å²) in [7, 11) is 0. The Balaban J connectivity index is 1.46. The second-order valence-electron chi connectivity index (χ2n) is 6.65. The fourth-order valence-electron chi connectivity index (χ4n) is 3.91. The maximum atomic E-state index is 12.5. The van der Waals surface area contributed by atoms with E-state index >= 15 is 0 Å². The first-order valence-corrected chi connectivity index (χ1v) is 8.84. The van der Waals surface area contributed by atoms with Gasteiger partial charge in [0.25, 0.3) is 5.91 Å². The summed E-state index contributed by atoms with van der Waals surface area (Å²) in [5.41, 5.74) is 0.934. The molecule has 0 aliphatic carbocycles. The van der Waals surface area contributed by atoms with E-state index in [2.05, 4.69) is 0 Å². The number of likely N-dealkylation sites (tertiary alicyclic amines) is 1. The van der Waals surface area contributed by atoms with Crippen molar-refractivity contribution in [3.8, 4) is 0 Å². The number of amides is 2. The number of carbonyl (C=O) groups is 2. The highest BCUT2D eigenvalue weighted by Gasteiger charge is 2.49. The highest BCUT2D eigenvalue weighted by Crippen LogP contribution is 2.42. The van der Waals surface area contributed by atoms with Crippen LogP contribution in [0.15, 0.2) is 16.8 Å². The number of nitrogens with zero attached hydrogens (tertiary/aromatic N) is 2. The predicted octanol–water partition coefficient (Wildman–Crippen LogP) is 1.88. The van der Waals surface area contributed by atoms with E-state index in [9.17, 15) is 9.59 Å². The molecule has 1 unspecified atom stereocenters. The van der Waals surface area contributed by atoms with Crippen molar-refractivity contribution >= 4 is 28.8 Å². The Morgan fingerprint density at radius 3 is 3.05 bits per heavy atom. The summed E-state index contributed by atoms with van der Waals surface area (Å²) in [5.74, 6) is 0.306. The molecule has 0 bridgehead atoms. The Morgan fingerprint density at radius 2 is 2.32 bits per heavy atom. The molecule has 3 fully saturated rings. The molecular formula is C16H20N2O3S. The fraction of sp³-hybridized carbons (Fsp3) is 0.625. The Labute approximate surface area is 133 Å². The third-order valence-corrected chi connectivity index (χ3v) is 5.76. The first-order chi connectivity index (χ1) is 10.7. The van der Waals surface area contributed by atoms with Crippen molar-refractivity contribution in [3.05, 3.63) is 16.8 Å². The maximum Gasteiger partial charge on any atom is 0.251 e. The molecule has 2 amide bonds. The summed E-state index contributed by atoms with van der Waals surface area (Å²) in [6.07, 6.45) is 3.03. The van der Waals surface area contributed by atoms with Gasteiger partial charge in [0.2, 0.25) is 5.91 Å². The van der Waals surface area contributed by atoms with E-state index in [0.29, 0.717) is 19.6 Å². The lowest BCUT2D eigenvalue weighted by Gasteiger charge is -2.25. The largest absolute Gasteiger partial charge is 0.368 e. The van der Waals surface area contributed by atoms with Crippen molar-refractivity contribution in [2.75, 3.05) is 31.1 Å². The van der Waals surface area contributed by atoms with Crippen LogP contribution in [0.25, 0.3) is 0 Å². The lowest BCUT2D eigenvalue weighted by molar-refractivity contribution is -0.140. The molecule has 1 aromatic rings. The molecule has 1 spiro atoms. The van der Waals surface area contributed by atoms with Gasteiger partial charge >= 0.3 is 0 Å². The number of carbonyl (C=O) groups excluding carboxylic acids is 2. The molecule has 0 N–H and O–H groups in total. The molecule has 3 saturated heterocycles. The number of hydrogen-bond acceptors (Lipinski definition) is 4. The average molecular weight is 320 g/mol. The zero-order valence-corrected chi connectivity index (χ0v) is 13.3. The highest BCUT2D eigenvalue weighted by molar-refractivity contribution is 7.08. The molecule has 22 heavy (non-hydrogen) atoms. The van der Waals surface area contributed by atoms with Gasteiger partial charge in [-0.15, -0.1) is 0 Å². The van der Waals surface area contributed by atoms with Gasteiger partial charge in [0, 0.05) is 43.5 Å². The Morgan fingerprint density at radius 1 is 1.41 bits per heavy atom. The molecule has 0 saturated carbocycles. The summed E-state index contributed by atoms with van der Waals surface area (Å²) in [5, 5.41) is 4.01. The van der Waals surface area contributed by atoms with Crippen molar-refractivity contribution < 1.29 is 14.3 Å². The minimum atomic E-state index is -0.250. The minimum absolute atomic E-state index is 0.0622. The topological polar surface area (TPSA) is 49.9 Å². The summed E-state index contributed by atoms with van der Waals surface area (Å²) in [6, 6.07) is 1.99. The van der Waals surface area contributed by atoms with E-state index in [1.165, 1.54) is 0 Å². The molecule has 4 heterocycles. The summed E-state index contributed by atoms with van der Waals surface area (Å²) < 4.78 is 5.51. The van der Waals surface area contributed by atoms with Crippen LogP contribution >= 0.6 is 11.3 Å². The van der Waals surface area contributed by atoms with Crippen LogP contribution in [0.5, 0.6) is 0 Å². The van der Waals surface area contributed by atoms with Gasteiger partial charge in [-0.2, -0.15) is 11.3 Å². The quantitative estimate of drug-likeness (QED) is 0.836. The van der Waals surface area contributed by atoms with Gasteiger partial charge < -0.3 is 14.5 Å². The van der Waals surface area contributed by atoms with Crippen LogP contribution in [-0.2, 0) is 14.3 Å². The van der Waals surface area contributed by atoms with Crippen LogP contribution in [0.1, 0.15) is 25.7 Å². The van der Waals surface area contributed by atoms with E-state index in [1.54, 1.807) is 11.3 Å². The van der Waals surface area contributed by atoms with E-state index in [0.717, 1.165) is 38.0 Å². The number of anilines is 1. The molecular weight excluding hydrogens is 300 g/mol. The third kappa shape index (κ3) is 2.34. The molecule has 5 nitrogen and oxygen atoms in total. The summed E-state index contributed by atoms with van der Waals surface area (Å²) in [6.45, 7) is 2.87. The van der Waals surface area contributed by atoms with Gasteiger partial charge in [-0.25, -0.2) is 0 Å². The first kappa shape index (κ1) is 14.2. The predicted molar refractivity (Wildman–Crippen MR) is 83.9 cm³/mol. The fourth-order valence-corrected chi connectivity index (χ4v) is 4.56. The van der Waals surface area contributed by atoms with Crippen LogP contribution in [0.3, 0.4) is 0 Å². The monoisotopic (exact) mass is 320 g/mol. The Bertz CT molecular complexity index is 582. The van der Waals surface area contributed by atoms with Crippen molar-refractivity contribution in [2.45, 2.75) is 31.8 Å². The Hall–Kier alpha value is -1.40. The van der Waals surface area contributed by atoms with Gasteiger partial charge in [-0.3, -0.25) is 9.59 Å². The number of thiophene rings is 1. The summed E-state index contributed by atoms with van der Waals surface area (Å²) in [4.78, 5) is 28.7. The van der Waals surface area contributed by atoms with Crippen molar-refractivity contribution in [1.29, 1.82) is 0 Å². The number of rotatable bonds is 2. The van der Waals surface area contributed by atoms with Crippen LogP contribution in [-0.4, -0.2) is 49.1 Å². The zero-order chi connectivity index (χ0) is 15.2. The third-order valence-electron chi connectivity index (χ3n) is 5.09. The molecule has 0 aromatic carbocycles. The number of hydrogen-bond donors (Lipinski definition) is 0. The minimum Gasteiger partial charge on any atom is -0.368 e. The average Bonchev–Trinajstić information content (AvgIpc) is 3.26. The van der Waals surface area contributed by atoms with Crippen LogP contribution in [0.2, 0.25) is 0 Å². The van der Waals surface area contributed by atoms with Crippen LogP contribution < -0.4 is 4.90 Å². The van der Waals surface area contributed by atoms with Crippen molar-refractivity contribution in [1.82, 2.24) is 4.90 Å². The molecule has 3 aliphatic rings. The first-order valence-electron chi connectivity index (χ1n) is 7.90. The van der Waals surface area contributed by atoms with Gasteiger partial charge in [0.1, 0.15) is 6.10 Å². The lowest BCUT2D eigenvalue weighted by atomic mass is 9.86. The zero-order valence-electron chi connectivity index (χ0n) is 12.5. The second-order valence-corrected chi connectivity index (χ2v) is 7.43. The number of ether oxygens (including phenoxy) is 1. The molecule has 1 aromatic heterocycles. The van der Waals surface area contributed by atoms with Crippen LogP contribution in [0.4, 0.5) is 5.69 Å². The van der Waals surface area contributed by atoms with Crippen molar-refractivity contribution in [3.63, 3.8) is 0 Å². The molecule has 0 radical (unpaired) electrons. The lowest BCUT2D eigenvalue weighted by Crippen LogP contribution is -2.39. The normalized spacial score (nSPS) is 31.6. The highest BCUT2D eigenvalue weighted by atomic mass is 32.1. The molecule has 118 valence electrons. The van der Waals surface area contributed by atoms with E-state index < -0.39 is 0 Å². The van der Waals surface area contributed by atoms with Gasteiger partial charge in [-0.05, 0) is 30.7 Å². The van der Waals surface area contributed by atoms with Gasteiger partial charge in [0.05, 0.1) is 5.69 Å². The van der Waals surface area contributed by atoms with E-state index in [-0.39, 0.29) is 23.3 Å². The molecule has 2 atom stereocenters. The maximum absolute atomic E-state index is 12.5. The standard InChI is InChI=1S/C16H20N2O3S/c19-14-8-16(11-18(14)12-3-7-22-9-12)4-5-17(10-16)15(20)13-2-1-6-21-13/h3,7,9,13H,1-2,4-6,8,10-11H2/t13-,16?/m1/s1. The Kier molecular flexibility index (Phi) is 3.46. The van der Waals surface area contributed by atoms with Gasteiger partial charge in [0.15, 0.2) is 0 Å². The molecule has 4 rings (SSSR count). The van der Waals surface area contributed by atoms with E-state index in [4.69, 9.17) is 4.74 Å².